The molecule has 2 aromatic heterocycles. The van der Waals surface area contributed by atoms with Crippen LogP contribution in [0.4, 0.5) is 23.4 Å². The Morgan fingerprint density at radius 2 is 1.88 bits per heavy atom. The number of alkyl halides is 3. The predicted molar refractivity (Wildman–Crippen MR) is 143 cm³/mol. The number of hydrogen-bond donors (Lipinski definition) is 1. The van der Waals surface area contributed by atoms with Crippen LogP contribution in [0.3, 0.4) is 0 Å². The quantitative estimate of drug-likeness (QED) is 0.330. The number of methoxy groups -OCH3 is 2. The van der Waals surface area contributed by atoms with E-state index in [1.54, 1.807) is 20.1 Å². The van der Waals surface area contributed by atoms with Crippen molar-refractivity contribution in [1.29, 1.82) is 0 Å². The van der Waals surface area contributed by atoms with Crippen molar-refractivity contribution >= 4 is 16.9 Å². The molecule has 41 heavy (non-hydrogen) atoms. The molecule has 2 saturated heterocycles. The molecule has 1 N–H and O–H groups in total. The lowest BCUT2D eigenvalue weighted by atomic mass is 9.86. The van der Waals surface area contributed by atoms with E-state index in [0.29, 0.717) is 56.0 Å². The van der Waals surface area contributed by atoms with E-state index in [4.69, 9.17) is 18.9 Å². The summed E-state index contributed by atoms with van der Waals surface area (Å²) in [5.74, 6) is -0.798. The molecule has 222 valence electrons. The van der Waals surface area contributed by atoms with Crippen LogP contribution >= 0.6 is 0 Å². The maximum Gasteiger partial charge on any atom is 0.419 e. The molecule has 2 aliphatic rings. The first-order valence-electron chi connectivity index (χ1n) is 13.5. The highest BCUT2D eigenvalue weighted by molar-refractivity contribution is 5.88. The van der Waals surface area contributed by atoms with Gasteiger partial charge < -0.3 is 24.3 Å². The lowest BCUT2D eigenvalue weighted by Crippen LogP contribution is -2.39. The van der Waals surface area contributed by atoms with Crippen LogP contribution < -0.4 is 14.8 Å². The highest BCUT2D eigenvalue weighted by Crippen LogP contribution is 2.42. The Morgan fingerprint density at radius 1 is 1.12 bits per heavy atom. The lowest BCUT2D eigenvalue weighted by molar-refractivity contribution is -0.140. The van der Waals surface area contributed by atoms with Gasteiger partial charge in [0.05, 0.1) is 24.1 Å². The fourth-order valence-corrected chi connectivity index (χ4v) is 5.22. The number of aromatic nitrogens is 3. The summed E-state index contributed by atoms with van der Waals surface area (Å²) in [6, 6.07) is 4.15. The van der Waals surface area contributed by atoms with E-state index in [-0.39, 0.29) is 23.0 Å². The van der Waals surface area contributed by atoms with Crippen LogP contribution in [0, 0.1) is 5.82 Å². The molecule has 9 nitrogen and oxygen atoms in total. The van der Waals surface area contributed by atoms with Crippen molar-refractivity contribution in [2.24, 2.45) is 0 Å². The van der Waals surface area contributed by atoms with Gasteiger partial charge in [0.1, 0.15) is 23.8 Å². The van der Waals surface area contributed by atoms with E-state index in [1.165, 1.54) is 19.2 Å². The monoisotopic (exact) mass is 579 g/mol. The van der Waals surface area contributed by atoms with Crippen LogP contribution in [0.2, 0.25) is 0 Å². The Hall–Kier alpha value is -3.29. The van der Waals surface area contributed by atoms with Crippen LogP contribution in [0.15, 0.2) is 24.3 Å². The average Bonchev–Trinajstić information content (AvgIpc) is 2.93. The Kier molecular flexibility index (Phi) is 8.48. The molecule has 1 atom stereocenters. The third-order valence-electron chi connectivity index (χ3n) is 7.75. The third kappa shape index (κ3) is 6.02. The number of benzene rings is 1. The van der Waals surface area contributed by atoms with Crippen LogP contribution in [0.5, 0.6) is 11.9 Å². The summed E-state index contributed by atoms with van der Waals surface area (Å²) in [6.45, 7) is 5.56. The largest absolute Gasteiger partial charge is 0.481 e. The van der Waals surface area contributed by atoms with Crippen LogP contribution in [0.1, 0.15) is 48.9 Å². The van der Waals surface area contributed by atoms with Crippen LogP contribution in [-0.2, 0) is 21.3 Å². The standard InChI is InChI=1S/C28H33F4N5O4/c1-17(18-6-4-7-20(22(18)29)28(30,31)32)33-23-19-16-21(27(39-3)8-13-40-14-9-27)25(38-2)34-24(19)36-26(35-23)41-15-12-37-10-5-11-37/h4,6-7,16-17H,5,8-15H2,1-3H3,(H,33,34,35,36)/t17-/m1/s1. The van der Waals surface area contributed by atoms with Gasteiger partial charge in [0.15, 0.2) is 5.65 Å². The van der Waals surface area contributed by atoms with Crippen molar-refractivity contribution in [3.05, 3.63) is 46.8 Å². The summed E-state index contributed by atoms with van der Waals surface area (Å²) in [7, 11) is 3.11. The summed E-state index contributed by atoms with van der Waals surface area (Å²) >= 11 is 0. The smallest absolute Gasteiger partial charge is 0.419 e. The number of rotatable bonds is 10. The molecule has 0 bridgehead atoms. The van der Waals surface area contributed by atoms with Gasteiger partial charge in [0, 0.05) is 50.8 Å². The van der Waals surface area contributed by atoms with E-state index >= 15 is 4.39 Å². The van der Waals surface area contributed by atoms with Crippen molar-refractivity contribution in [3.63, 3.8) is 0 Å². The maximum absolute atomic E-state index is 15.0. The van der Waals surface area contributed by atoms with E-state index in [1.807, 2.05) is 0 Å². The molecule has 0 spiro atoms. The molecule has 13 heteroatoms. The van der Waals surface area contributed by atoms with Crippen LogP contribution in [0.25, 0.3) is 11.0 Å². The topological polar surface area (TPSA) is 90.9 Å². The highest BCUT2D eigenvalue weighted by Gasteiger charge is 2.39. The van der Waals surface area contributed by atoms with Crippen molar-refractivity contribution in [2.45, 2.75) is 44.0 Å². The maximum atomic E-state index is 15.0. The SMILES string of the molecule is COc1nc2nc(OCCN3CCC3)nc(N[C@H](C)c3cccc(C(F)(F)F)c3F)c2cc1C1(OC)CCOCC1. The van der Waals surface area contributed by atoms with Crippen molar-refractivity contribution in [1.82, 2.24) is 19.9 Å². The molecule has 3 aromatic rings. The minimum Gasteiger partial charge on any atom is -0.481 e. The zero-order valence-electron chi connectivity index (χ0n) is 23.2. The minimum atomic E-state index is -4.83. The molecule has 0 saturated carbocycles. The Balaban J connectivity index is 1.57. The van der Waals surface area contributed by atoms with Gasteiger partial charge in [-0.1, -0.05) is 12.1 Å². The summed E-state index contributed by atoms with van der Waals surface area (Å²) in [5, 5.41) is 3.54. The number of anilines is 1. The number of ether oxygens (including phenoxy) is 4. The average molecular weight is 580 g/mol. The summed E-state index contributed by atoms with van der Waals surface area (Å²) in [5.41, 5.74) is -1.33. The van der Waals surface area contributed by atoms with Gasteiger partial charge in [-0.15, -0.1) is 0 Å². The van der Waals surface area contributed by atoms with E-state index in [2.05, 4.69) is 25.2 Å². The minimum absolute atomic E-state index is 0.0343. The van der Waals surface area contributed by atoms with Gasteiger partial charge in [0.2, 0.25) is 5.88 Å². The first-order chi connectivity index (χ1) is 19.6. The zero-order chi connectivity index (χ0) is 29.2. The van der Waals surface area contributed by atoms with Gasteiger partial charge >= 0.3 is 12.2 Å². The Labute approximate surface area is 235 Å². The van der Waals surface area contributed by atoms with E-state index < -0.39 is 29.2 Å². The molecule has 0 aliphatic carbocycles. The summed E-state index contributed by atoms with van der Waals surface area (Å²) < 4.78 is 78.3. The number of fused-ring (bicyclic) bond motifs is 1. The molecule has 0 unspecified atom stereocenters. The normalized spacial score (nSPS) is 18.1. The second-order valence-corrected chi connectivity index (χ2v) is 10.2. The molecule has 0 amide bonds. The molecule has 4 heterocycles. The van der Waals surface area contributed by atoms with Gasteiger partial charge in [-0.2, -0.15) is 28.1 Å². The zero-order valence-corrected chi connectivity index (χ0v) is 23.2. The molecule has 5 rings (SSSR count). The molecule has 2 aliphatic heterocycles. The molecular formula is C28H33F4N5O4. The third-order valence-corrected chi connectivity index (χ3v) is 7.75. The first-order valence-corrected chi connectivity index (χ1v) is 13.5. The number of nitrogens with one attached hydrogen (secondary N) is 1. The number of halogens is 4. The van der Waals surface area contributed by atoms with E-state index in [9.17, 15) is 13.2 Å². The van der Waals surface area contributed by atoms with Crippen molar-refractivity contribution in [3.8, 4) is 11.9 Å². The van der Waals surface area contributed by atoms with Crippen LogP contribution in [-0.4, -0.2) is 73.5 Å². The number of pyridine rings is 1. The molecule has 1 aromatic carbocycles. The van der Waals surface area contributed by atoms with Crippen molar-refractivity contribution in [2.75, 3.05) is 59.0 Å². The Morgan fingerprint density at radius 3 is 2.51 bits per heavy atom. The lowest BCUT2D eigenvalue weighted by Gasteiger charge is -2.36. The molecule has 2 fully saturated rings. The predicted octanol–water partition coefficient (Wildman–Crippen LogP) is 5.10. The fraction of sp³-hybridized carbons (Fsp3) is 0.536. The van der Waals surface area contributed by atoms with Gasteiger partial charge in [0.25, 0.3) is 0 Å². The number of hydrogen-bond acceptors (Lipinski definition) is 9. The summed E-state index contributed by atoms with van der Waals surface area (Å²) in [4.78, 5) is 15.9. The molecular weight excluding hydrogens is 546 g/mol. The van der Waals surface area contributed by atoms with Gasteiger partial charge in [-0.05, 0) is 38.6 Å². The number of nitrogens with zero attached hydrogens (tertiary/aromatic N) is 4. The second-order valence-electron chi connectivity index (χ2n) is 10.2. The number of likely N-dealkylation sites (tertiary alicyclic amines) is 1. The van der Waals surface area contributed by atoms with Gasteiger partial charge in [-0.3, -0.25) is 4.90 Å². The first kappa shape index (κ1) is 29.2. The second kappa shape index (κ2) is 11.9. The highest BCUT2D eigenvalue weighted by atomic mass is 19.4. The molecule has 0 radical (unpaired) electrons. The summed E-state index contributed by atoms with van der Waals surface area (Å²) in [6.07, 6.45) is -2.57. The van der Waals surface area contributed by atoms with E-state index in [0.717, 1.165) is 25.6 Å². The Bertz CT molecular complexity index is 1380. The fourth-order valence-electron chi connectivity index (χ4n) is 5.22. The van der Waals surface area contributed by atoms with Gasteiger partial charge in [-0.25, -0.2) is 4.39 Å². The van der Waals surface area contributed by atoms with Crippen molar-refractivity contribution < 1.29 is 36.5 Å².